The fourth-order valence-corrected chi connectivity index (χ4v) is 2.00. The SMILES string of the molecule is Fc1ccccc1-c1cccc2cccnc12. The van der Waals surface area contributed by atoms with Crippen LogP contribution in [0.25, 0.3) is 22.0 Å². The third kappa shape index (κ3) is 1.68. The number of benzene rings is 2. The highest BCUT2D eigenvalue weighted by Gasteiger charge is 2.07. The number of halogens is 1. The monoisotopic (exact) mass is 223 g/mol. The number of rotatable bonds is 1. The highest BCUT2D eigenvalue weighted by atomic mass is 19.1. The molecule has 0 fully saturated rings. The summed E-state index contributed by atoms with van der Waals surface area (Å²) in [5, 5.41) is 1.02. The average Bonchev–Trinajstić information content (AvgIpc) is 2.39. The predicted molar refractivity (Wildman–Crippen MR) is 67.1 cm³/mol. The van der Waals surface area contributed by atoms with Crippen molar-refractivity contribution in [3.63, 3.8) is 0 Å². The van der Waals surface area contributed by atoms with Crippen molar-refractivity contribution in [2.24, 2.45) is 0 Å². The van der Waals surface area contributed by atoms with E-state index in [-0.39, 0.29) is 5.82 Å². The van der Waals surface area contributed by atoms with Gasteiger partial charge in [0, 0.05) is 22.7 Å². The summed E-state index contributed by atoms with van der Waals surface area (Å²) in [6.07, 6.45) is 1.73. The molecule has 1 heterocycles. The molecule has 0 aliphatic heterocycles. The third-order valence-electron chi connectivity index (χ3n) is 2.80. The molecule has 0 radical (unpaired) electrons. The van der Waals surface area contributed by atoms with Gasteiger partial charge in [0.1, 0.15) is 5.82 Å². The second-order valence-corrected chi connectivity index (χ2v) is 3.86. The van der Waals surface area contributed by atoms with Crippen molar-refractivity contribution in [2.45, 2.75) is 0 Å². The Kier molecular flexibility index (Phi) is 2.33. The van der Waals surface area contributed by atoms with Crippen molar-refractivity contribution in [3.8, 4) is 11.1 Å². The second kappa shape index (κ2) is 3.98. The Morgan fingerprint density at radius 3 is 2.41 bits per heavy atom. The van der Waals surface area contributed by atoms with Crippen LogP contribution in [0.5, 0.6) is 0 Å². The summed E-state index contributed by atoms with van der Waals surface area (Å²) in [4.78, 5) is 4.33. The van der Waals surface area contributed by atoms with Crippen molar-refractivity contribution in [1.29, 1.82) is 0 Å². The molecule has 0 saturated heterocycles. The fourth-order valence-electron chi connectivity index (χ4n) is 2.00. The van der Waals surface area contributed by atoms with Gasteiger partial charge in [-0.15, -0.1) is 0 Å². The van der Waals surface area contributed by atoms with E-state index in [0.29, 0.717) is 5.56 Å². The minimum absolute atomic E-state index is 0.217. The molecular weight excluding hydrogens is 213 g/mol. The van der Waals surface area contributed by atoms with Crippen LogP contribution >= 0.6 is 0 Å². The fraction of sp³-hybridized carbons (Fsp3) is 0. The highest BCUT2D eigenvalue weighted by Crippen LogP contribution is 2.28. The summed E-state index contributed by atoms with van der Waals surface area (Å²) >= 11 is 0. The summed E-state index contributed by atoms with van der Waals surface area (Å²) < 4.78 is 13.8. The van der Waals surface area contributed by atoms with Gasteiger partial charge in [-0.25, -0.2) is 4.39 Å². The Morgan fingerprint density at radius 1 is 0.765 bits per heavy atom. The normalized spacial score (nSPS) is 10.6. The predicted octanol–water partition coefficient (Wildman–Crippen LogP) is 4.04. The Bertz CT molecular complexity index is 671. The molecule has 0 aliphatic rings. The standard InChI is InChI=1S/C15H10FN/c16-14-9-2-1-7-12(14)13-8-3-5-11-6-4-10-17-15(11)13/h1-10H. The lowest BCUT2D eigenvalue weighted by atomic mass is 10.0. The molecule has 0 amide bonds. The van der Waals surface area contributed by atoms with E-state index in [2.05, 4.69) is 4.98 Å². The summed E-state index contributed by atoms with van der Waals surface area (Å²) in [5.74, 6) is -0.217. The van der Waals surface area contributed by atoms with Crippen LogP contribution in [-0.2, 0) is 0 Å². The van der Waals surface area contributed by atoms with Gasteiger partial charge in [-0.1, -0.05) is 42.5 Å². The molecule has 0 unspecified atom stereocenters. The van der Waals surface area contributed by atoms with E-state index < -0.39 is 0 Å². The maximum absolute atomic E-state index is 13.8. The molecule has 0 N–H and O–H groups in total. The molecule has 2 heteroatoms. The van der Waals surface area contributed by atoms with E-state index in [9.17, 15) is 4.39 Å². The van der Waals surface area contributed by atoms with Crippen LogP contribution in [0.3, 0.4) is 0 Å². The lowest BCUT2D eigenvalue weighted by Crippen LogP contribution is -1.87. The van der Waals surface area contributed by atoms with E-state index in [4.69, 9.17) is 0 Å². The van der Waals surface area contributed by atoms with Crippen molar-refractivity contribution in [3.05, 3.63) is 66.6 Å². The highest BCUT2D eigenvalue weighted by molar-refractivity contribution is 5.93. The van der Waals surface area contributed by atoms with Crippen LogP contribution < -0.4 is 0 Å². The first-order valence-electron chi connectivity index (χ1n) is 5.45. The van der Waals surface area contributed by atoms with Gasteiger partial charge >= 0.3 is 0 Å². The van der Waals surface area contributed by atoms with Gasteiger partial charge in [-0.2, -0.15) is 0 Å². The van der Waals surface area contributed by atoms with Gasteiger partial charge < -0.3 is 0 Å². The van der Waals surface area contributed by atoms with Crippen LogP contribution in [-0.4, -0.2) is 4.98 Å². The largest absolute Gasteiger partial charge is 0.256 e. The lowest BCUT2D eigenvalue weighted by Gasteiger charge is -2.06. The van der Waals surface area contributed by atoms with Gasteiger partial charge in [0.15, 0.2) is 0 Å². The topological polar surface area (TPSA) is 12.9 Å². The van der Waals surface area contributed by atoms with Crippen LogP contribution in [0.2, 0.25) is 0 Å². The molecule has 1 nitrogen and oxygen atoms in total. The molecule has 0 spiro atoms. The van der Waals surface area contributed by atoms with Crippen LogP contribution in [0, 0.1) is 5.82 Å². The van der Waals surface area contributed by atoms with Crippen molar-refractivity contribution >= 4 is 10.9 Å². The molecule has 2 aromatic carbocycles. The molecule has 3 aromatic rings. The maximum atomic E-state index is 13.8. The first kappa shape index (κ1) is 9.97. The molecule has 17 heavy (non-hydrogen) atoms. The number of pyridine rings is 1. The molecule has 0 saturated carbocycles. The number of hydrogen-bond acceptors (Lipinski definition) is 1. The summed E-state index contributed by atoms with van der Waals surface area (Å²) in [6.45, 7) is 0. The zero-order chi connectivity index (χ0) is 11.7. The van der Waals surface area contributed by atoms with Gasteiger partial charge in [-0.3, -0.25) is 4.98 Å². The zero-order valence-electron chi connectivity index (χ0n) is 9.10. The molecule has 1 aromatic heterocycles. The van der Waals surface area contributed by atoms with Crippen LogP contribution in [0.15, 0.2) is 60.8 Å². The van der Waals surface area contributed by atoms with Crippen molar-refractivity contribution in [2.75, 3.05) is 0 Å². The van der Waals surface area contributed by atoms with Crippen LogP contribution in [0.1, 0.15) is 0 Å². The summed E-state index contributed by atoms with van der Waals surface area (Å²) in [7, 11) is 0. The number of para-hydroxylation sites is 1. The van der Waals surface area contributed by atoms with Gasteiger partial charge in [0.2, 0.25) is 0 Å². The smallest absolute Gasteiger partial charge is 0.131 e. The quantitative estimate of drug-likeness (QED) is 0.606. The van der Waals surface area contributed by atoms with Gasteiger partial charge in [0.25, 0.3) is 0 Å². The Labute approximate surface area is 98.6 Å². The number of aromatic nitrogens is 1. The molecule has 0 atom stereocenters. The summed E-state index contributed by atoms with van der Waals surface area (Å²) in [5.41, 5.74) is 2.26. The van der Waals surface area contributed by atoms with Gasteiger partial charge in [-0.05, 0) is 12.1 Å². The minimum atomic E-state index is -0.217. The second-order valence-electron chi connectivity index (χ2n) is 3.86. The van der Waals surface area contributed by atoms with Gasteiger partial charge in [0.05, 0.1) is 5.52 Å². The first-order valence-corrected chi connectivity index (χ1v) is 5.45. The average molecular weight is 223 g/mol. The van der Waals surface area contributed by atoms with E-state index in [1.165, 1.54) is 6.07 Å². The molecule has 0 aliphatic carbocycles. The Hall–Kier alpha value is -2.22. The van der Waals surface area contributed by atoms with E-state index in [1.54, 1.807) is 18.3 Å². The maximum Gasteiger partial charge on any atom is 0.131 e. The number of fused-ring (bicyclic) bond motifs is 1. The number of hydrogen-bond donors (Lipinski definition) is 0. The minimum Gasteiger partial charge on any atom is -0.256 e. The Morgan fingerprint density at radius 2 is 1.53 bits per heavy atom. The zero-order valence-corrected chi connectivity index (χ0v) is 9.10. The van der Waals surface area contributed by atoms with Crippen LogP contribution in [0.4, 0.5) is 4.39 Å². The lowest BCUT2D eigenvalue weighted by molar-refractivity contribution is 0.631. The molecule has 0 bridgehead atoms. The Balaban J connectivity index is 2.35. The third-order valence-corrected chi connectivity index (χ3v) is 2.80. The molecular formula is C15H10FN. The molecule has 3 rings (SSSR count). The molecule has 82 valence electrons. The first-order chi connectivity index (χ1) is 8.36. The van der Waals surface area contributed by atoms with Crippen molar-refractivity contribution < 1.29 is 4.39 Å². The van der Waals surface area contributed by atoms with Crippen molar-refractivity contribution in [1.82, 2.24) is 4.98 Å². The van der Waals surface area contributed by atoms with E-state index in [0.717, 1.165) is 16.5 Å². The summed E-state index contributed by atoms with van der Waals surface area (Å²) in [6, 6.07) is 16.4. The number of nitrogens with zero attached hydrogens (tertiary/aromatic N) is 1. The van der Waals surface area contributed by atoms with E-state index >= 15 is 0 Å². The van der Waals surface area contributed by atoms with E-state index in [1.807, 2.05) is 36.4 Å².